The van der Waals surface area contributed by atoms with E-state index in [1.54, 1.807) is 0 Å². The molecule has 0 N–H and O–H groups in total. The zero-order valence-electron chi connectivity index (χ0n) is 19.4. The summed E-state index contributed by atoms with van der Waals surface area (Å²) in [5.74, 6) is 2.24. The lowest BCUT2D eigenvalue weighted by atomic mass is 10.1. The molecule has 1 aliphatic heterocycles. The van der Waals surface area contributed by atoms with Crippen LogP contribution in [-0.2, 0) is 9.53 Å². The molecule has 1 saturated heterocycles. The van der Waals surface area contributed by atoms with Crippen LogP contribution in [0, 0.1) is 23.7 Å². The van der Waals surface area contributed by atoms with Gasteiger partial charge in [-0.15, -0.1) is 0 Å². The number of piperazine rings is 1. The van der Waals surface area contributed by atoms with Gasteiger partial charge in [-0.3, -0.25) is 4.79 Å². The van der Waals surface area contributed by atoms with Crippen molar-refractivity contribution in [2.75, 3.05) is 39.3 Å². The first kappa shape index (κ1) is 24.6. The fourth-order valence-corrected chi connectivity index (χ4v) is 12.1. The Morgan fingerprint density at radius 2 is 1.30 bits per heavy atom. The number of carbonyl (C=O) groups excluding carboxylic acids is 1. The maximum Gasteiger partial charge on any atom is 0.309 e. The van der Waals surface area contributed by atoms with E-state index < -0.39 is 8.24 Å². The third-order valence-corrected chi connectivity index (χ3v) is 12.1. The van der Waals surface area contributed by atoms with E-state index in [4.69, 9.17) is 4.74 Å². The van der Waals surface area contributed by atoms with Gasteiger partial charge in [-0.05, 0) is 42.8 Å². The zero-order valence-corrected chi connectivity index (χ0v) is 20.4. The maximum absolute atomic E-state index is 12.0. The highest BCUT2D eigenvalue weighted by molar-refractivity contribution is 6.77. The molecule has 0 aromatic heterocycles. The molecule has 0 radical (unpaired) electrons. The molecule has 27 heavy (non-hydrogen) atoms. The quantitative estimate of drug-likeness (QED) is 0.372. The van der Waals surface area contributed by atoms with Crippen molar-refractivity contribution in [3.8, 4) is 0 Å². The summed E-state index contributed by atoms with van der Waals surface area (Å²) in [6.07, 6.45) is 0. The van der Waals surface area contributed by atoms with Gasteiger partial charge in [0.05, 0.1) is 12.5 Å². The standard InChI is InChI=1S/C22H46N2O2Si/c1-9-26-22(25)21(8)14-23-10-12-24(13-11-23)27(15-18(2)3,16-19(4)5)17-20(6)7/h18-21H,9-17H2,1-8H3. The molecule has 1 rings (SSSR count). The number of carbonyl (C=O) groups is 1. The Labute approximate surface area is 170 Å². The highest BCUT2D eigenvalue weighted by Gasteiger charge is 2.42. The van der Waals surface area contributed by atoms with Gasteiger partial charge in [0.1, 0.15) is 8.24 Å². The highest BCUT2D eigenvalue weighted by atomic mass is 28.3. The molecular formula is C22H46N2O2Si. The van der Waals surface area contributed by atoms with E-state index in [2.05, 4.69) is 51.0 Å². The van der Waals surface area contributed by atoms with Crippen LogP contribution >= 0.6 is 0 Å². The van der Waals surface area contributed by atoms with E-state index >= 15 is 0 Å². The molecule has 0 saturated carbocycles. The van der Waals surface area contributed by atoms with Gasteiger partial charge in [0, 0.05) is 32.7 Å². The first-order valence-corrected chi connectivity index (χ1v) is 13.8. The average Bonchev–Trinajstić information content (AvgIpc) is 2.53. The summed E-state index contributed by atoms with van der Waals surface area (Å²) in [4.78, 5) is 14.4. The van der Waals surface area contributed by atoms with Crippen molar-refractivity contribution in [1.82, 2.24) is 9.47 Å². The molecule has 0 aromatic rings. The lowest BCUT2D eigenvalue weighted by molar-refractivity contribution is -0.148. The monoisotopic (exact) mass is 398 g/mol. The van der Waals surface area contributed by atoms with E-state index in [1.165, 1.54) is 31.2 Å². The molecule has 0 spiro atoms. The first-order chi connectivity index (χ1) is 12.6. The summed E-state index contributed by atoms with van der Waals surface area (Å²) in [7, 11) is -1.47. The second kappa shape index (κ2) is 11.6. The molecule has 0 bridgehead atoms. The minimum absolute atomic E-state index is 0.0273. The summed E-state index contributed by atoms with van der Waals surface area (Å²) in [6, 6.07) is 4.26. The average molecular weight is 399 g/mol. The SMILES string of the molecule is CCOC(=O)C(C)CN1CCN([Si](CC(C)C)(CC(C)C)CC(C)C)CC1. The number of nitrogens with zero attached hydrogens (tertiary/aromatic N) is 2. The third kappa shape index (κ3) is 8.24. The van der Waals surface area contributed by atoms with Crippen molar-refractivity contribution in [3.63, 3.8) is 0 Å². The van der Waals surface area contributed by atoms with Crippen LogP contribution in [0.25, 0.3) is 0 Å². The summed E-state index contributed by atoms with van der Waals surface area (Å²) in [5.41, 5.74) is 0. The minimum Gasteiger partial charge on any atom is -0.466 e. The van der Waals surface area contributed by atoms with Crippen LogP contribution in [0.5, 0.6) is 0 Å². The summed E-state index contributed by atoms with van der Waals surface area (Å²) in [6.45, 7) is 24.1. The van der Waals surface area contributed by atoms with Crippen LogP contribution in [0.2, 0.25) is 18.1 Å². The second-order valence-electron chi connectivity index (χ2n) is 9.96. The van der Waals surface area contributed by atoms with E-state index in [0.29, 0.717) is 6.61 Å². The summed E-state index contributed by atoms with van der Waals surface area (Å²) >= 11 is 0. The minimum atomic E-state index is -1.47. The van der Waals surface area contributed by atoms with Crippen molar-refractivity contribution in [1.29, 1.82) is 0 Å². The molecule has 1 atom stereocenters. The molecule has 0 amide bonds. The fraction of sp³-hybridized carbons (Fsp3) is 0.955. The fourth-order valence-electron chi connectivity index (χ4n) is 5.07. The lowest BCUT2D eigenvalue weighted by Gasteiger charge is -2.49. The van der Waals surface area contributed by atoms with E-state index in [1.807, 2.05) is 13.8 Å². The number of rotatable bonds is 11. The predicted molar refractivity (Wildman–Crippen MR) is 118 cm³/mol. The molecule has 1 fully saturated rings. The van der Waals surface area contributed by atoms with Crippen LogP contribution in [-0.4, -0.2) is 63.0 Å². The smallest absolute Gasteiger partial charge is 0.309 e. The Kier molecular flexibility index (Phi) is 10.6. The van der Waals surface area contributed by atoms with Crippen LogP contribution in [0.3, 0.4) is 0 Å². The summed E-state index contributed by atoms with van der Waals surface area (Å²) in [5, 5.41) is 0. The third-order valence-electron chi connectivity index (χ3n) is 5.63. The van der Waals surface area contributed by atoms with Crippen LogP contribution in [0.15, 0.2) is 0 Å². The molecule has 4 nitrogen and oxygen atoms in total. The number of hydrogen-bond acceptors (Lipinski definition) is 4. The van der Waals surface area contributed by atoms with Gasteiger partial charge < -0.3 is 14.2 Å². The van der Waals surface area contributed by atoms with Gasteiger partial charge in [0.15, 0.2) is 0 Å². The Bertz CT molecular complexity index is 405. The molecule has 1 heterocycles. The Balaban J connectivity index is 2.78. The molecule has 1 unspecified atom stereocenters. The summed E-state index contributed by atoms with van der Waals surface area (Å²) < 4.78 is 8.11. The Morgan fingerprint density at radius 1 is 0.852 bits per heavy atom. The Morgan fingerprint density at radius 3 is 1.67 bits per heavy atom. The first-order valence-electron chi connectivity index (χ1n) is 11.2. The van der Waals surface area contributed by atoms with E-state index in [-0.39, 0.29) is 11.9 Å². The maximum atomic E-state index is 12.0. The number of hydrogen-bond donors (Lipinski definition) is 0. The van der Waals surface area contributed by atoms with Crippen LogP contribution in [0.4, 0.5) is 0 Å². The van der Waals surface area contributed by atoms with Crippen molar-refractivity contribution in [3.05, 3.63) is 0 Å². The van der Waals surface area contributed by atoms with Gasteiger partial charge in [0.2, 0.25) is 0 Å². The second-order valence-corrected chi connectivity index (χ2v) is 14.3. The molecule has 0 aromatic carbocycles. The van der Waals surface area contributed by atoms with Gasteiger partial charge in [-0.2, -0.15) is 0 Å². The van der Waals surface area contributed by atoms with Gasteiger partial charge in [-0.1, -0.05) is 48.5 Å². The van der Waals surface area contributed by atoms with Gasteiger partial charge in [-0.25, -0.2) is 0 Å². The molecule has 1 aliphatic rings. The number of ether oxygens (including phenoxy) is 1. The normalized spacial score (nSPS) is 18.5. The molecule has 5 heteroatoms. The van der Waals surface area contributed by atoms with Crippen molar-refractivity contribution in [2.45, 2.75) is 73.5 Å². The molecular weight excluding hydrogens is 352 g/mol. The largest absolute Gasteiger partial charge is 0.466 e. The van der Waals surface area contributed by atoms with Gasteiger partial charge in [0.25, 0.3) is 0 Å². The van der Waals surface area contributed by atoms with Crippen LogP contribution in [0.1, 0.15) is 55.4 Å². The van der Waals surface area contributed by atoms with Crippen molar-refractivity contribution in [2.24, 2.45) is 23.7 Å². The topological polar surface area (TPSA) is 32.8 Å². The van der Waals surface area contributed by atoms with E-state index in [0.717, 1.165) is 37.4 Å². The van der Waals surface area contributed by atoms with Crippen molar-refractivity contribution >= 4 is 14.2 Å². The van der Waals surface area contributed by atoms with Gasteiger partial charge >= 0.3 is 5.97 Å². The van der Waals surface area contributed by atoms with E-state index in [9.17, 15) is 4.79 Å². The van der Waals surface area contributed by atoms with Crippen LogP contribution < -0.4 is 0 Å². The predicted octanol–water partition coefficient (Wildman–Crippen LogP) is 4.72. The van der Waals surface area contributed by atoms with Crippen molar-refractivity contribution < 1.29 is 9.53 Å². The molecule has 160 valence electrons. The highest BCUT2D eigenvalue weighted by Crippen LogP contribution is 2.35. The Hall–Kier alpha value is -0.393. The molecule has 0 aliphatic carbocycles. The zero-order chi connectivity index (χ0) is 20.6. The number of esters is 1. The lowest BCUT2D eigenvalue weighted by Crippen LogP contribution is -2.62.